The maximum Gasteiger partial charge on any atom is 0.205 e. The Morgan fingerprint density at radius 1 is 1.46 bits per heavy atom. The van der Waals surface area contributed by atoms with Gasteiger partial charge in [0.2, 0.25) is 5.78 Å². The van der Waals surface area contributed by atoms with E-state index in [9.17, 15) is 9.59 Å². The van der Waals surface area contributed by atoms with Crippen LogP contribution in [0, 0.1) is 5.92 Å². The van der Waals surface area contributed by atoms with Gasteiger partial charge in [0.15, 0.2) is 5.76 Å². The van der Waals surface area contributed by atoms with Gasteiger partial charge in [-0.05, 0) is 12.1 Å². The molecule has 70 valence electrons. The standard InChI is InChI=1S/C10H12O3/c1-7(2)8(11)6-9(12)10-4-3-5-13-10/h3-5,7H,6H2,1-2H3. The lowest BCUT2D eigenvalue weighted by atomic mass is 10.0. The molecule has 1 rings (SSSR count). The minimum Gasteiger partial charge on any atom is -0.461 e. The lowest BCUT2D eigenvalue weighted by Crippen LogP contribution is -2.12. The highest BCUT2D eigenvalue weighted by molar-refractivity contribution is 6.06. The van der Waals surface area contributed by atoms with Crippen molar-refractivity contribution in [1.29, 1.82) is 0 Å². The third kappa shape index (κ3) is 2.54. The van der Waals surface area contributed by atoms with Crippen molar-refractivity contribution in [3.63, 3.8) is 0 Å². The summed E-state index contributed by atoms with van der Waals surface area (Å²) in [6.07, 6.45) is 1.36. The lowest BCUT2D eigenvalue weighted by Gasteiger charge is -2.00. The van der Waals surface area contributed by atoms with E-state index in [4.69, 9.17) is 4.42 Å². The molecule has 1 heterocycles. The van der Waals surface area contributed by atoms with Gasteiger partial charge in [0.25, 0.3) is 0 Å². The average molecular weight is 180 g/mol. The third-order valence-corrected chi connectivity index (χ3v) is 1.77. The summed E-state index contributed by atoms with van der Waals surface area (Å²) in [7, 11) is 0. The Kier molecular flexibility index (Phi) is 3.01. The predicted octanol–water partition coefficient (Wildman–Crippen LogP) is 2.08. The molecule has 0 unspecified atom stereocenters. The van der Waals surface area contributed by atoms with Gasteiger partial charge in [0.1, 0.15) is 5.78 Å². The number of Topliss-reactive ketones (excluding diaryl/α,β-unsaturated/α-hetero) is 2. The molecule has 0 aliphatic carbocycles. The minimum atomic E-state index is -0.247. The van der Waals surface area contributed by atoms with E-state index in [1.807, 2.05) is 0 Å². The van der Waals surface area contributed by atoms with Gasteiger partial charge < -0.3 is 4.42 Å². The van der Waals surface area contributed by atoms with E-state index in [0.717, 1.165) is 0 Å². The second kappa shape index (κ2) is 4.03. The topological polar surface area (TPSA) is 47.3 Å². The van der Waals surface area contributed by atoms with Crippen LogP contribution in [0.25, 0.3) is 0 Å². The second-order valence-electron chi connectivity index (χ2n) is 3.20. The Morgan fingerprint density at radius 3 is 2.62 bits per heavy atom. The molecule has 1 aromatic rings. The maximum absolute atomic E-state index is 11.3. The quantitative estimate of drug-likeness (QED) is 0.526. The van der Waals surface area contributed by atoms with Crippen LogP contribution in [0.2, 0.25) is 0 Å². The summed E-state index contributed by atoms with van der Waals surface area (Å²) >= 11 is 0. The number of carbonyl (C=O) groups is 2. The first-order valence-corrected chi connectivity index (χ1v) is 4.20. The van der Waals surface area contributed by atoms with Crippen LogP contribution >= 0.6 is 0 Å². The van der Waals surface area contributed by atoms with Gasteiger partial charge in [0, 0.05) is 5.92 Å². The molecule has 0 fully saturated rings. The van der Waals surface area contributed by atoms with Crippen molar-refractivity contribution >= 4 is 11.6 Å². The third-order valence-electron chi connectivity index (χ3n) is 1.77. The fourth-order valence-corrected chi connectivity index (χ4v) is 0.887. The molecule has 0 N–H and O–H groups in total. The fourth-order valence-electron chi connectivity index (χ4n) is 0.887. The van der Waals surface area contributed by atoms with Crippen molar-refractivity contribution in [2.75, 3.05) is 0 Å². The SMILES string of the molecule is CC(C)C(=O)CC(=O)c1ccco1. The van der Waals surface area contributed by atoms with Crippen LogP contribution in [0.5, 0.6) is 0 Å². The molecule has 0 aliphatic heterocycles. The number of hydrogen-bond acceptors (Lipinski definition) is 3. The summed E-state index contributed by atoms with van der Waals surface area (Å²) < 4.78 is 4.87. The Morgan fingerprint density at radius 2 is 2.15 bits per heavy atom. The van der Waals surface area contributed by atoms with E-state index in [1.165, 1.54) is 6.26 Å². The van der Waals surface area contributed by atoms with Gasteiger partial charge in [-0.1, -0.05) is 13.8 Å². The van der Waals surface area contributed by atoms with Crippen molar-refractivity contribution in [3.05, 3.63) is 24.2 Å². The molecule has 0 aliphatic rings. The first kappa shape index (κ1) is 9.71. The van der Waals surface area contributed by atoms with Crippen molar-refractivity contribution < 1.29 is 14.0 Å². The summed E-state index contributed by atoms with van der Waals surface area (Å²) in [5.74, 6) is -0.141. The molecule has 0 saturated heterocycles. The number of carbonyl (C=O) groups excluding carboxylic acids is 2. The van der Waals surface area contributed by atoms with Crippen LogP contribution in [0.1, 0.15) is 30.8 Å². The van der Waals surface area contributed by atoms with E-state index < -0.39 is 0 Å². The predicted molar refractivity (Wildman–Crippen MR) is 47.5 cm³/mol. The molecular formula is C10H12O3. The van der Waals surface area contributed by atoms with Gasteiger partial charge in [-0.2, -0.15) is 0 Å². The van der Waals surface area contributed by atoms with Gasteiger partial charge in [-0.3, -0.25) is 9.59 Å². The Balaban J connectivity index is 2.57. The van der Waals surface area contributed by atoms with Crippen LogP contribution in [0.3, 0.4) is 0 Å². The van der Waals surface area contributed by atoms with Crippen molar-refractivity contribution in [2.24, 2.45) is 5.92 Å². The zero-order valence-electron chi connectivity index (χ0n) is 7.74. The number of furan rings is 1. The summed E-state index contributed by atoms with van der Waals surface area (Å²) in [6.45, 7) is 3.55. The summed E-state index contributed by atoms with van der Waals surface area (Å²) in [6, 6.07) is 3.20. The molecule has 0 saturated carbocycles. The molecule has 0 atom stereocenters. The van der Waals surface area contributed by atoms with Crippen LogP contribution in [-0.4, -0.2) is 11.6 Å². The van der Waals surface area contributed by atoms with E-state index in [0.29, 0.717) is 0 Å². The highest BCUT2D eigenvalue weighted by Gasteiger charge is 2.15. The van der Waals surface area contributed by atoms with E-state index in [2.05, 4.69) is 0 Å². The number of ketones is 2. The molecule has 0 bridgehead atoms. The first-order valence-electron chi connectivity index (χ1n) is 4.20. The molecule has 0 radical (unpaired) electrons. The molecule has 0 spiro atoms. The Hall–Kier alpha value is -1.38. The van der Waals surface area contributed by atoms with E-state index in [1.54, 1.807) is 26.0 Å². The van der Waals surface area contributed by atoms with Gasteiger partial charge in [-0.15, -0.1) is 0 Å². The highest BCUT2D eigenvalue weighted by Crippen LogP contribution is 2.07. The van der Waals surface area contributed by atoms with E-state index >= 15 is 0 Å². The smallest absolute Gasteiger partial charge is 0.205 e. The van der Waals surface area contributed by atoms with Gasteiger partial charge in [0.05, 0.1) is 12.7 Å². The summed E-state index contributed by atoms with van der Waals surface area (Å²) in [4.78, 5) is 22.5. The molecule has 3 heteroatoms. The number of hydrogen-bond donors (Lipinski definition) is 0. The van der Waals surface area contributed by atoms with Crippen LogP contribution in [0.15, 0.2) is 22.8 Å². The number of rotatable bonds is 4. The molecule has 3 nitrogen and oxygen atoms in total. The van der Waals surface area contributed by atoms with Crippen LogP contribution in [-0.2, 0) is 4.79 Å². The van der Waals surface area contributed by atoms with Gasteiger partial charge in [-0.25, -0.2) is 0 Å². The largest absolute Gasteiger partial charge is 0.461 e. The fraction of sp³-hybridized carbons (Fsp3) is 0.400. The average Bonchev–Trinajstić information content (AvgIpc) is 2.55. The Bertz CT molecular complexity index is 296. The molecule has 0 aromatic carbocycles. The highest BCUT2D eigenvalue weighted by atomic mass is 16.3. The summed E-state index contributed by atoms with van der Waals surface area (Å²) in [5.41, 5.74) is 0. The molecule has 1 aromatic heterocycles. The zero-order chi connectivity index (χ0) is 9.84. The van der Waals surface area contributed by atoms with Crippen molar-refractivity contribution in [2.45, 2.75) is 20.3 Å². The molecular weight excluding hydrogens is 168 g/mol. The second-order valence-corrected chi connectivity index (χ2v) is 3.20. The lowest BCUT2D eigenvalue weighted by molar-refractivity contribution is -0.121. The molecule has 0 amide bonds. The molecule has 13 heavy (non-hydrogen) atoms. The summed E-state index contributed by atoms with van der Waals surface area (Å²) in [5, 5.41) is 0. The normalized spacial score (nSPS) is 10.4. The van der Waals surface area contributed by atoms with Crippen molar-refractivity contribution in [1.82, 2.24) is 0 Å². The van der Waals surface area contributed by atoms with Crippen LogP contribution in [0.4, 0.5) is 0 Å². The maximum atomic E-state index is 11.3. The zero-order valence-corrected chi connectivity index (χ0v) is 7.74. The minimum absolute atomic E-state index is 0.0543. The first-order chi connectivity index (χ1) is 6.11. The Labute approximate surface area is 76.7 Å². The van der Waals surface area contributed by atoms with Gasteiger partial charge >= 0.3 is 0 Å². The van der Waals surface area contributed by atoms with Crippen LogP contribution < -0.4 is 0 Å². The van der Waals surface area contributed by atoms with Crippen molar-refractivity contribution in [3.8, 4) is 0 Å². The monoisotopic (exact) mass is 180 g/mol. The van der Waals surface area contributed by atoms with E-state index in [-0.39, 0.29) is 29.7 Å².